The first kappa shape index (κ1) is 30.2. The molecule has 3 aromatic rings. The van der Waals surface area contributed by atoms with Gasteiger partial charge in [-0.15, -0.1) is 0 Å². The summed E-state index contributed by atoms with van der Waals surface area (Å²) in [4.78, 5) is 33.4. The summed E-state index contributed by atoms with van der Waals surface area (Å²) < 4.78 is 11.6. The van der Waals surface area contributed by atoms with Crippen molar-refractivity contribution in [3.8, 4) is 11.5 Å². The standard InChI is InChI=1S/C29H34N2O3.C2H2O4/c1-22(25-11-7-4-8-12-25)30-29(32)26-15-17-31(18-16-26)20-24-13-14-27(28(19-24)33-2)34-21-23-9-5-3-6-10-23;3-1(4)2(5)6/h3-14,19,22,26H,15-18,20-21H2,1-2H3,(H,30,32);(H,3,4)(H,5,6)/t22-;/m1./s1. The molecule has 0 unspecified atom stereocenters. The van der Waals surface area contributed by atoms with Gasteiger partial charge in [-0.2, -0.15) is 0 Å². The van der Waals surface area contributed by atoms with Gasteiger partial charge in [-0.05, 0) is 61.7 Å². The van der Waals surface area contributed by atoms with Gasteiger partial charge < -0.3 is 25.0 Å². The topological polar surface area (TPSA) is 125 Å². The molecule has 0 spiro atoms. The predicted molar refractivity (Wildman–Crippen MR) is 150 cm³/mol. The molecule has 0 radical (unpaired) electrons. The number of methoxy groups -OCH3 is 1. The van der Waals surface area contributed by atoms with Crippen LogP contribution in [0, 0.1) is 5.92 Å². The number of rotatable bonds is 9. The third-order valence-corrected chi connectivity index (χ3v) is 6.67. The number of carbonyl (C=O) groups excluding carboxylic acids is 1. The maximum Gasteiger partial charge on any atom is 0.414 e. The second-order valence-electron chi connectivity index (χ2n) is 9.56. The first-order valence-corrected chi connectivity index (χ1v) is 13.1. The number of carboxylic acid groups (broad SMARTS) is 2. The molecule has 9 heteroatoms. The van der Waals surface area contributed by atoms with E-state index in [9.17, 15) is 4.79 Å². The lowest BCUT2D eigenvalue weighted by Gasteiger charge is -2.32. The molecule has 1 saturated heterocycles. The smallest absolute Gasteiger partial charge is 0.414 e. The lowest BCUT2D eigenvalue weighted by molar-refractivity contribution is -0.159. The van der Waals surface area contributed by atoms with E-state index in [2.05, 4.69) is 34.5 Å². The van der Waals surface area contributed by atoms with Gasteiger partial charge in [-0.3, -0.25) is 9.69 Å². The summed E-state index contributed by atoms with van der Waals surface area (Å²) >= 11 is 0. The average Bonchev–Trinajstić information content (AvgIpc) is 2.98. The number of ether oxygens (including phenoxy) is 2. The molecule has 0 aromatic heterocycles. The zero-order valence-electron chi connectivity index (χ0n) is 22.8. The van der Waals surface area contributed by atoms with Gasteiger partial charge in [0.15, 0.2) is 11.5 Å². The van der Waals surface area contributed by atoms with Gasteiger partial charge in [0.25, 0.3) is 0 Å². The van der Waals surface area contributed by atoms with Gasteiger partial charge in [-0.1, -0.05) is 66.7 Å². The van der Waals surface area contributed by atoms with Crippen LogP contribution in [0.3, 0.4) is 0 Å². The predicted octanol–water partition coefficient (Wildman–Crippen LogP) is 4.52. The maximum absolute atomic E-state index is 12.8. The largest absolute Gasteiger partial charge is 0.493 e. The van der Waals surface area contributed by atoms with Crippen LogP contribution in [-0.4, -0.2) is 53.2 Å². The highest BCUT2D eigenvalue weighted by Crippen LogP contribution is 2.30. The molecule has 0 aliphatic carbocycles. The number of hydrogen-bond acceptors (Lipinski definition) is 6. The Morgan fingerprint density at radius 3 is 2.05 bits per heavy atom. The molecule has 1 fully saturated rings. The summed E-state index contributed by atoms with van der Waals surface area (Å²) in [6.07, 6.45) is 1.76. The van der Waals surface area contributed by atoms with Crippen molar-refractivity contribution in [2.75, 3.05) is 20.2 Å². The number of carbonyl (C=O) groups is 3. The number of likely N-dealkylation sites (tertiary alicyclic amines) is 1. The van der Waals surface area contributed by atoms with Crippen LogP contribution in [0.4, 0.5) is 0 Å². The third kappa shape index (κ3) is 9.43. The van der Waals surface area contributed by atoms with Crippen molar-refractivity contribution in [2.45, 2.75) is 39.0 Å². The monoisotopic (exact) mass is 548 g/mol. The van der Waals surface area contributed by atoms with E-state index in [1.54, 1.807) is 7.11 Å². The number of amides is 1. The zero-order valence-corrected chi connectivity index (χ0v) is 22.8. The fourth-order valence-electron chi connectivity index (χ4n) is 4.43. The Kier molecular flexibility index (Phi) is 11.5. The Bertz CT molecular complexity index is 1230. The highest BCUT2D eigenvalue weighted by atomic mass is 16.5. The molecule has 40 heavy (non-hydrogen) atoms. The molecule has 0 bridgehead atoms. The molecule has 3 aromatic carbocycles. The molecule has 0 saturated carbocycles. The highest BCUT2D eigenvalue weighted by Gasteiger charge is 2.26. The van der Waals surface area contributed by atoms with Crippen molar-refractivity contribution in [1.82, 2.24) is 10.2 Å². The van der Waals surface area contributed by atoms with Gasteiger partial charge >= 0.3 is 11.9 Å². The zero-order chi connectivity index (χ0) is 28.9. The van der Waals surface area contributed by atoms with Gasteiger partial charge in [0.1, 0.15) is 6.61 Å². The van der Waals surface area contributed by atoms with Crippen LogP contribution < -0.4 is 14.8 Å². The Hall–Kier alpha value is -4.37. The molecule has 3 N–H and O–H groups in total. The molecule has 1 heterocycles. The molecule has 1 aliphatic rings. The summed E-state index contributed by atoms with van der Waals surface area (Å²) in [6.45, 7) is 5.21. The van der Waals surface area contributed by atoms with Crippen molar-refractivity contribution in [3.63, 3.8) is 0 Å². The number of benzene rings is 3. The van der Waals surface area contributed by atoms with Crippen molar-refractivity contribution >= 4 is 17.8 Å². The van der Waals surface area contributed by atoms with Crippen LogP contribution in [0.1, 0.15) is 42.5 Å². The fourth-order valence-corrected chi connectivity index (χ4v) is 4.43. The van der Waals surface area contributed by atoms with E-state index in [0.29, 0.717) is 6.61 Å². The number of carboxylic acids is 2. The number of nitrogens with one attached hydrogen (secondary N) is 1. The Morgan fingerprint density at radius 1 is 0.875 bits per heavy atom. The summed E-state index contributed by atoms with van der Waals surface area (Å²) in [5.41, 5.74) is 3.45. The van der Waals surface area contributed by atoms with E-state index in [1.807, 2.05) is 61.5 Å². The van der Waals surface area contributed by atoms with Crippen LogP contribution in [-0.2, 0) is 27.5 Å². The van der Waals surface area contributed by atoms with E-state index in [0.717, 1.165) is 55.1 Å². The summed E-state index contributed by atoms with van der Waals surface area (Å²) in [6, 6.07) is 26.4. The van der Waals surface area contributed by atoms with E-state index in [-0.39, 0.29) is 17.9 Å². The van der Waals surface area contributed by atoms with E-state index in [1.165, 1.54) is 5.56 Å². The van der Waals surface area contributed by atoms with Crippen LogP contribution >= 0.6 is 0 Å². The summed E-state index contributed by atoms with van der Waals surface area (Å²) in [5.74, 6) is -1.91. The molecule has 4 rings (SSSR count). The fraction of sp³-hybridized carbons (Fsp3) is 0.323. The first-order valence-electron chi connectivity index (χ1n) is 13.1. The number of nitrogens with zero attached hydrogens (tertiary/aromatic N) is 1. The highest BCUT2D eigenvalue weighted by molar-refractivity contribution is 6.27. The Labute approximate surface area is 234 Å². The number of hydrogen-bond donors (Lipinski definition) is 3. The first-order chi connectivity index (χ1) is 19.3. The molecular formula is C31H36N2O7. The van der Waals surface area contributed by atoms with Gasteiger partial charge in [-0.25, -0.2) is 9.59 Å². The van der Waals surface area contributed by atoms with Crippen molar-refractivity contribution in [1.29, 1.82) is 0 Å². The van der Waals surface area contributed by atoms with Gasteiger partial charge in [0.2, 0.25) is 5.91 Å². The second-order valence-corrected chi connectivity index (χ2v) is 9.56. The summed E-state index contributed by atoms with van der Waals surface area (Å²) in [7, 11) is 1.68. The third-order valence-electron chi connectivity index (χ3n) is 6.67. The van der Waals surface area contributed by atoms with Gasteiger partial charge in [0, 0.05) is 12.5 Å². The van der Waals surface area contributed by atoms with Gasteiger partial charge in [0.05, 0.1) is 13.2 Å². The van der Waals surface area contributed by atoms with E-state index < -0.39 is 11.9 Å². The van der Waals surface area contributed by atoms with E-state index in [4.69, 9.17) is 29.3 Å². The van der Waals surface area contributed by atoms with Crippen LogP contribution in [0.5, 0.6) is 11.5 Å². The Balaban J connectivity index is 0.000000663. The quantitative estimate of drug-likeness (QED) is 0.334. The molecule has 1 amide bonds. The number of piperidine rings is 1. The lowest BCUT2D eigenvalue weighted by Crippen LogP contribution is -2.40. The minimum Gasteiger partial charge on any atom is -0.493 e. The second kappa shape index (κ2) is 15.3. The molecule has 212 valence electrons. The van der Waals surface area contributed by atoms with Crippen LogP contribution in [0.15, 0.2) is 78.9 Å². The Morgan fingerprint density at radius 2 is 1.48 bits per heavy atom. The SMILES string of the molecule is COc1cc(CN2CCC(C(=O)N[C@H](C)c3ccccc3)CC2)ccc1OCc1ccccc1.O=C(O)C(=O)O. The van der Waals surface area contributed by atoms with Crippen molar-refractivity contribution < 1.29 is 34.1 Å². The number of aliphatic carboxylic acids is 2. The minimum absolute atomic E-state index is 0.0295. The lowest BCUT2D eigenvalue weighted by atomic mass is 9.95. The van der Waals surface area contributed by atoms with E-state index >= 15 is 0 Å². The maximum atomic E-state index is 12.8. The molecule has 9 nitrogen and oxygen atoms in total. The normalized spacial score (nSPS) is 14.2. The molecule has 1 atom stereocenters. The van der Waals surface area contributed by atoms with Crippen molar-refractivity contribution in [3.05, 3.63) is 95.6 Å². The van der Waals surface area contributed by atoms with Crippen LogP contribution in [0.2, 0.25) is 0 Å². The van der Waals surface area contributed by atoms with Crippen LogP contribution in [0.25, 0.3) is 0 Å². The molecule has 1 aliphatic heterocycles. The average molecular weight is 549 g/mol. The van der Waals surface area contributed by atoms with Crippen molar-refractivity contribution in [2.24, 2.45) is 5.92 Å². The summed E-state index contributed by atoms with van der Waals surface area (Å²) in [5, 5.41) is 18.0. The molecular weight excluding hydrogens is 512 g/mol. The minimum atomic E-state index is -1.82.